The van der Waals surface area contributed by atoms with Crippen LogP contribution in [0.4, 0.5) is 0 Å². The molecular formula is C30H48O2. The van der Waals surface area contributed by atoms with Crippen LogP contribution in [0.25, 0.3) is 0 Å². The zero-order valence-corrected chi connectivity index (χ0v) is 21.7. The Morgan fingerprint density at radius 2 is 1.53 bits per heavy atom. The van der Waals surface area contributed by atoms with Gasteiger partial charge in [-0.2, -0.15) is 0 Å². The van der Waals surface area contributed by atoms with Gasteiger partial charge in [0, 0.05) is 0 Å². The van der Waals surface area contributed by atoms with Crippen LogP contribution in [-0.2, 0) is 4.79 Å². The van der Waals surface area contributed by atoms with Crippen molar-refractivity contribution in [3.8, 4) is 0 Å². The highest BCUT2D eigenvalue weighted by Gasteiger charge is 2.70. The maximum Gasteiger partial charge on any atom is 0.145 e. The van der Waals surface area contributed by atoms with Crippen LogP contribution in [-0.4, -0.2) is 17.5 Å². The summed E-state index contributed by atoms with van der Waals surface area (Å²) in [5, 5.41) is 10.9. The van der Waals surface area contributed by atoms with Gasteiger partial charge in [-0.05, 0) is 126 Å². The van der Waals surface area contributed by atoms with Crippen LogP contribution < -0.4 is 0 Å². The third-order valence-electron chi connectivity index (χ3n) is 13.5. The molecule has 0 bridgehead atoms. The lowest BCUT2D eigenvalue weighted by Gasteiger charge is -2.72. The molecule has 0 radical (unpaired) electrons. The van der Waals surface area contributed by atoms with Crippen molar-refractivity contribution in [3.63, 3.8) is 0 Å². The van der Waals surface area contributed by atoms with E-state index in [0.29, 0.717) is 45.3 Å². The first kappa shape index (κ1) is 23.1. The van der Waals surface area contributed by atoms with Crippen LogP contribution in [0.3, 0.4) is 0 Å². The minimum absolute atomic E-state index is 0.0233. The molecule has 2 heteroatoms. The average Bonchev–Trinajstić information content (AvgIpc) is 3.09. The van der Waals surface area contributed by atoms with Crippen molar-refractivity contribution in [3.05, 3.63) is 12.2 Å². The monoisotopic (exact) mass is 440 g/mol. The van der Waals surface area contributed by atoms with Gasteiger partial charge in [0.1, 0.15) is 6.29 Å². The Morgan fingerprint density at radius 3 is 2.22 bits per heavy atom. The Hall–Kier alpha value is -0.630. The summed E-state index contributed by atoms with van der Waals surface area (Å²) in [6.45, 7) is 19.4. The summed E-state index contributed by atoms with van der Waals surface area (Å²) in [7, 11) is 0. The predicted octanol–water partition coefficient (Wildman–Crippen LogP) is 7.20. The van der Waals surface area contributed by atoms with E-state index in [1.807, 2.05) is 0 Å². The molecule has 0 aromatic carbocycles. The molecule has 5 aliphatic rings. The molecule has 0 heterocycles. The first-order chi connectivity index (χ1) is 14.8. The van der Waals surface area contributed by atoms with E-state index < -0.39 is 0 Å². The van der Waals surface area contributed by atoms with Crippen molar-refractivity contribution < 1.29 is 9.90 Å². The molecule has 0 aromatic rings. The number of rotatable bonds is 2. The molecule has 0 aromatic heterocycles. The minimum Gasteiger partial charge on any atom is -0.393 e. The van der Waals surface area contributed by atoms with Crippen LogP contribution in [0, 0.1) is 56.7 Å². The van der Waals surface area contributed by atoms with E-state index in [4.69, 9.17) is 0 Å². The largest absolute Gasteiger partial charge is 0.393 e. The highest BCUT2D eigenvalue weighted by atomic mass is 16.3. The Labute approximate surface area is 197 Å². The number of carbonyl (C=O) groups excluding carboxylic acids is 1. The van der Waals surface area contributed by atoms with Gasteiger partial charge >= 0.3 is 0 Å². The van der Waals surface area contributed by atoms with E-state index in [9.17, 15) is 9.90 Å². The van der Waals surface area contributed by atoms with E-state index in [-0.39, 0.29) is 11.5 Å². The van der Waals surface area contributed by atoms with Crippen molar-refractivity contribution in [2.75, 3.05) is 0 Å². The van der Waals surface area contributed by atoms with Gasteiger partial charge in [-0.25, -0.2) is 0 Å². The number of aliphatic hydroxyl groups is 1. The number of aliphatic hydroxyl groups excluding tert-OH is 1. The molecule has 5 fully saturated rings. The van der Waals surface area contributed by atoms with Crippen LogP contribution in [0.15, 0.2) is 12.2 Å². The maximum absolute atomic E-state index is 11.8. The first-order valence-corrected chi connectivity index (χ1v) is 13.7. The van der Waals surface area contributed by atoms with Crippen LogP contribution in [0.2, 0.25) is 0 Å². The van der Waals surface area contributed by atoms with Crippen molar-refractivity contribution >= 4 is 6.29 Å². The third kappa shape index (κ3) is 2.65. The highest BCUT2D eigenvalue weighted by Crippen LogP contribution is 2.77. The van der Waals surface area contributed by atoms with E-state index in [2.05, 4.69) is 48.1 Å². The summed E-state index contributed by atoms with van der Waals surface area (Å²) in [5.41, 5.74) is 2.33. The minimum atomic E-state index is -0.152. The molecule has 5 rings (SSSR count). The summed E-state index contributed by atoms with van der Waals surface area (Å²) in [6.07, 6.45) is 13.4. The first-order valence-electron chi connectivity index (χ1n) is 13.7. The molecule has 180 valence electrons. The van der Waals surface area contributed by atoms with E-state index in [1.54, 1.807) is 0 Å². The number of allylic oxidation sites excluding steroid dienone is 1. The maximum atomic E-state index is 11.8. The average molecular weight is 441 g/mol. The molecule has 1 N–H and O–H groups in total. The van der Waals surface area contributed by atoms with E-state index in [0.717, 1.165) is 30.6 Å². The lowest BCUT2D eigenvalue weighted by atomic mass is 9.32. The topological polar surface area (TPSA) is 37.3 Å². The summed E-state index contributed by atoms with van der Waals surface area (Å²) in [5.74, 6) is 3.12. The molecule has 0 unspecified atom stereocenters. The molecule has 10 atom stereocenters. The smallest absolute Gasteiger partial charge is 0.145 e. The van der Waals surface area contributed by atoms with Gasteiger partial charge < -0.3 is 5.11 Å². The summed E-state index contributed by atoms with van der Waals surface area (Å²) >= 11 is 0. The molecule has 0 spiro atoms. The Morgan fingerprint density at radius 1 is 0.812 bits per heavy atom. The normalized spacial score (nSPS) is 56.3. The van der Waals surface area contributed by atoms with E-state index >= 15 is 0 Å². The number of aldehydes is 1. The fourth-order valence-corrected chi connectivity index (χ4v) is 11.4. The lowest BCUT2D eigenvalue weighted by Crippen LogP contribution is -2.66. The van der Waals surface area contributed by atoms with Gasteiger partial charge in [0.05, 0.1) is 6.10 Å². The molecular weight excluding hydrogens is 392 g/mol. The summed E-state index contributed by atoms with van der Waals surface area (Å²) in [6, 6.07) is 0. The van der Waals surface area contributed by atoms with Gasteiger partial charge in [-0.3, -0.25) is 4.79 Å². The molecule has 5 saturated carbocycles. The standard InChI is InChI=1S/C30H48O2/c1-19(18-31)20-10-13-27(4)16-17-29(6)21(25(20)27)8-9-23-28(5)14-12-24(32)26(2,3)22(28)11-15-30(23,29)7/h18,20-25,32H,1,8-17H2,2-7H3/t20-,21+,22-,23-,24-,25-,27+,28-,29+,30+/m0/s1. The summed E-state index contributed by atoms with van der Waals surface area (Å²) in [4.78, 5) is 11.8. The Kier molecular flexibility index (Phi) is 5.03. The second-order valence-corrected chi connectivity index (χ2v) is 14.6. The van der Waals surface area contributed by atoms with Crippen molar-refractivity contribution in [1.82, 2.24) is 0 Å². The van der Waals surface area contributed by atoms with Gasteiger partial charge in [0.25, 0.3) is 0 Å². The van der Waals surface area contributed by atoms with Crippen molar-refractivity contribution in [2.45, 2.75) is 112 Å². The number of carbonyl (C=O) groups is 1. The van der Waals surface area contributed by atoms with Gasteiger partial charge in [0.15, 0.2) is 0 Å². The van der Waals surface area contributed by atoms with Crippen molar-refractivity contribution in [2.24, 2.45) is 56.7 Å². The Bertz CT molecular complexity index is 814. The number of fused-ring (bicyclic) bond motifs is 7. The molecule has 5 aliphatic carbocycles. The molecule has 0 saturated heterocycles. The third-order valence-corrected chi connectivity index (χ3v) is 13.5. The molecule has 0 amide bonds. The molecule has 32 heavy (non-hydrogen) atoms. The predicted molar refractivity (Wildman–Crippen MR) is 131 cm³/mol. The van der Waals surface area contributed by atoms with Gasteiger partial charge in [-0.15, -0.1) is 0 Å². The zero-order valence-electron chi connectivity index (χ0n) is 21.7. The molecule has 2 nitrogen and oxygen atoms in total. The second kappa shape index (κ2) is 6.96. The quantitative estimate of drug-likeness (QED) is 0.364. The zero-order chi connectivity index (χ0) is 23.3. The highest BCUT2D eigenvalue weighted by molar-refractivity contribution is 5.73. The van der Waals surface area contributed by atoms with Gasteiger partial charge in [-0.1, -0.05) is 48.1 Å². The van der Waals surface area contributed by atoms with Gasteiger partial charge in [0.2, 0.25) is 0 Å². The van der Waals surface area contributed by atoms with Crippen LogP contribution in [0.1, 0.15) is 106 Å². The number of hydrogen-bond donors (Lipinski definition) is 1. The van der Waals surface area contributed by atoms with E-state index in [1.165, 1.54) is 51.4 Å². The molecule has 0 aliphatic heterocycles. The SMILES string of the molecule is C=C(C=O)[C@@H]1CC[C@]2(C)CC[C@]3(C)[C@H](CC[C@H]4[C@@]5(C)CC[C@H](O)C(C)(C)[C@@H]5CC[C@]43C)[C@H]12. The van der Waals surface area contributed by atoms with Crippen molar-refractivity contribution in [1.29, 1.82) is 0 Å². The Balaban J connectivity index is 1.54. The van der Waals surface area contributed by atoms with Crippen LogP contribution >= 0.6 is 0 Å². The fourth-order valence-electron chi connectivity index (χ4n) is 11.4. The van der Waals surface area contributed by atoms with Crippen LogP contribution in [0.5, 0.6) is 0 Å². The number of hydrogen-bond acceptors (Lipinski definition) is 2. The summed E-state index contributed by atoms with van der Waals surface area (Å²) < 4.78 is 0. The lowest BCUT2D eigenvalue weighted by molar-refractivity contribution is -0.246. The fraction of sp³-hybridized carbons (Fsp3) is 0.900. The second-order valence-electron chi connectivity index (χ2n) is 14.6.